The first-order valence-corrected chi connectivity index (χ1v) is 45.5. The summed E-state index contributed by atoms with van der Waals surface area (Å²) in [7, 11) is 0. The zero-order valence-electron chi connectivity index (χ0n) is 73.9. The summed E-state index contributed by atoms with van der Waals surface area (Å²) < 4.78 is 26.4. The van der Waals surface area contributed by atoms with Gasteiger partial charge in [0.2, 0.25) is 5.95 Å². The molecule has 17 nitrogen and oxygen atoms in total. The van der Waals surface area contributed by atoms with Crippen LogP contribution in [0.15, 0.2) is 476 Å². The maximum atomic E-state index is 6.61. The fourth-order valence-electron chi connectivity index (χ4n) is 18.9. The maximum Gasteiger partial charge on any atom is 0.235 e. The average molecular weight is 1770 g/mol. The van der Waals surface area contributed by atoms with E-state index in [4.69, 9.17) is 38.2 Å². The van der Waals surface area contributed by atoms with Gasteiger partial charge in [-0.2, -0.15) is 0 Å². The van der Waals surface area contributed by atoms with Crippen LogP contribution in [0.2, 0.25) is 0 Å². The molecule has 0 spiro atoms. The fraction of sp³-hybridized carbons (Fsp3) is 0. The van der Waals surface area contributed by atoms with Gasteiger partial charge in [0.25, 0.3) is 0 Å². The van der Waals surface area contributed by atoms with Gasteiger partial charge in [-0.25, -0.2) is 24.9 Å². The van der Waals surface area contributed by atoms with E-state index < -0.39 is 0 Å². The SMILES string of the molecule is c1ccc(-c2cc3ccc4c(c5ccccc5n4-c4cc(-c5ccc(-c6ccncc6)cc5)cc(-c5ccncc5)n4)c3o2)cc1.c1ccc(-c2cc3ccc4c(c5ccccc5n4-c4cc(-c5ccc(-c6ccncc6)cc5)nc(-c5ccncc5)n4)c3o2)cc1.c1ccc(-c2cc3ccc4c(c5ccccc5n4-c4nc(-c5ccncc5)cc(-c5ccc(-c6ccncc6)cc5)n4)c3o2)cc1. The molecule has 12 aromatic carbocycles. The van der Waals surface area contributed by atoms with Gasteiger partial charge < -0.3 is 13.3 Å². The highest BCUT2D eigenvalue weighted by molar-refractivity contribution is 6.23. The molecule has 0 aliphatic rings. The smallest absolute Gasteiger partial charge is 0.235 e. The maximum absolute atomic E-state index is 6.61. The van der Waals surface area contributed by atoms with E-state index >= 15 is 0 Å². The number of aromatic nitrogens is 14. The third-order valence-electron chi connectivity index (χ3n) is 25.5. The molecule has 27 aromatic rings. The number of hydrogen-bond acceptors (Lipinski definition) is 14. The van der Waals surface area contributed by atoms with Crippen LogP contribution >= 0.6 is 0 Å². The molecule has 0 atom stereocenters. The molecule has 0 N–H and O–H groups in total. The summed E-state index contributed by atoms with van der Waals surface area (Å²) in [5, 5.41) is 9.66. The first-order chi connectivity index (χ1) is 68.4. The topological polar surface area (TPSA) is 196 Å². The highest BCUT2D eigenvalue weighted by Crippen LogP contribution is 2.46. The molecule has 0 saturated carbocycles. The van der Waals surface area contributed by atoms with E-state index in [0.717, 1.165) is 239 Å². The standard InChI is InChI=1S/C41H26N4O.2C40H25N5O/c1-2-6-31(7-3-1)38-25-32-14-15-37-40(41(32)46-38)34-8-4-5-9-36(34)45(37)39-26-33(24-35(44-39)30-18-22-43-23-19-30)28-12-10-27(11-13-28)29-16-20-42-21-17-29;1-2-6-30(7-3-1)37-24-31-14-15-36-38(39(31)46-37)32-8-4-5-9-35(32)45(36)40-43-33(25-34(44-40)29-18-22-42-23-19-29)28-12-10-26(11-13-28)27-16-20-41-21-17-27;1-2-6-29(7-3-1)36-24-31-14-15-35-38(39(31)46-36)32-8-4-5-9-34(32)45(35)37-25-33(43-40(44-37)30-18-22-42-23-19-30)28-12-10-26(11-13-28)27-16-20-41-21-17-27/h1-26H;2*1-25H. The number of para-hydroxylation sites is 3. The minimum absolute atomic E-state index is 0.586. The lowest BCUT2D eigenvalue weighted by atomic mass is 10.00. The Bertz CT molecular complexity index is 8350. The van der Waals surface area contributed by atoms with E-state index in [1.165, 1.54) is 0 Å². The third-order valence-corrected chi connectivity index (χ3v) is 25.5. The minimum atomic E-state index is 0.586. The molecule has 0 fully saturated rings. The van der Waals surface area contributed by atoms with Crippen LogP contribution in [0.1, 0.15) is 0 Å². The molecule has 0 bridgehead atoms. The highest BCUT2D eigenvalue weighted by atomic mass is 16.3. The van der Waals surface area contributed by atoms with Crippen molar-refractivity contribution in [3.8, 4) is 152 Å². The van der Waals surface area contributed by atoms with Crippen LogP contribution < -0.4 is 0 Å². The third kappa shape index (κ3) is 15.1. The Morgan fingerprint density at radius 3 is 0.833 bits per heavy atom. The van der Waals surface area contributed by atoms with Crippen molar-refractivity contribution in [2.24, 2.45) is 0 Å². The van der Waals surface area contributed by atoms with Crippen molar-refractivity contribution in [1.29, 1.82) is 0 Å². The molecule has 0 amide bonds. The summed E-state index contributed by atoms with van der Waals surface area (Å²) in [5.74, 6) is 5.37. The lowest BCUT2D eigenvalue weighted by molar-refractivity contribution is 0.635. The van der Waals surface area contributed by atoms with E-state index in [-0.39, 0.29) is 0 Å². The van der Waals surface area contributed by atoms with E-state index in [1.807, 2.05) is 183 Å². The Hall–Kier alpha value is -19.1. The molecule has 0 saturated heterocycles. The number of fused-ring (bicyclic) bond motifs is 15. The zero-order valence-corrected chi connectivity index (χ0v) is 73.9. The molecule has 17 heteroatoms. The number of nitrogens with zero attached hydrogens (tertiary/aromatic N) is 14. The van der Waals surface area contributed by atoms with Gasteiger partial charge in [-0.15, -0.1) is 0 Å². The second-order valence-electron chi connectivity index (χ2n) is 33.7. The highest BCUT2D eigenvalue weighted by Gasteiger charge is 2.26. The first kappa shape index (κ1) is 80.9. The van der Waals surface area contributed by atoms with Gasteiger partial charge in [0.15, 0.2) is 5.82 Å². The molecular weight excluding hydrogens is 1700 g/mol. The van der Waals surface area contributed by atoms with Gasteiger partial charge in [0, 0.05) is 157 Å². The monoisotopic (exact) mass is 1770 g/mol. The molecule has 0 aliphatic carbocycles. The van der Waals surface area contributed by atoms with Gasteiger partial charge in [0.1, 0.15) is 45.7 Å². The largest absolute Gasteiger partial charge is 0.455 e. The van der Waals surface area contributed by atoms with Crippen LogP contribution in [-0.2, 0) is 0 Å². The Kier molecular flexibility index (Phi) is 20.4. The van der Waals surface area contributed by atoms with Crippen molar-refractivity contribution in [3.63, 3.8) is 0 Å². The number of benzene rings is 12. The van der Waals surface area contributed by atoms with Gasteiger partial charge >= 0.3 is 0 Å². The second kappa shape index (κ2) is 34.9. The van der Waals surface area contributed by atoms with Crippen molar-refractivity contribution in [3.05, 3.63) is 463 Å². The van der Waals surface area contributed by atoms with Crippen LogP contribution in [-0.4, -0.2) is 68.5 Å². The van der Waals surface area contributed by atoms with Crippen molar-refractivity contribution in [1.82, 2.24) is 68.5 Å². The predicted octanol–water partition coefficient (Wildman–Crippen LogP) is 29.9. The summed E-state index contributed by atoms with van der Waals surface area (Å²) in [6.45, 7) is 0. The first-order valence-electron chi connectivity index (χ1n) is 45.5. The fourth-order valence-corrected chi connectivity index (χ4v) is 18.9. The lowest BCUT2D eigenvalue weighted by Crippen LogP contribution is -2.04. The Morgan fingerprint density at radius 1 is 0.174 bits per heavy atom. The summed E-state index contributed by atoms with van der Waals surface area (Å²) >= 11 is 0. The lowest BCUT2D eigenvalue weighted by Gasteiger charge is -2.13. The Labute approximate surface area is 790 Å². The predicted molar refractivity (Wildman–Crippen MR) is 553 cm³/mol. The van der Waals surface area contributed by atoms with Gasteiger partial charge in [-0.1, -0.05) is 218 Å². The van der Waals surface area contributed by atoms with Crippen LogP contribution in [0.25, 0.3) is 251 Å². The van der Waals surface area contributed by atoms with Crippen molar-refractivity contribution in [2.45, 2.75) is 0 Å². The molecule has 648 valence electrons. The zero-order chi connectivity index (χ0) is 91.4. The van der Waals surface area contributed by atoms with E-state index in [9.17, 15) is 0 Å². The minimum Gasteiger partial charge on any atom is -0.455 e. The molecule has 15 aromatic heterocycles. The van der Waals surface area contributed by atoms with E-state index in [2.05, 4.69) is 298 Å². The van der Waals surface area contributed by atoms with Gasteiger partial charge in [-0.05, 0) is 208 Å². The summed E-state index contributed by atoms with van der Waals surface area (Å²) in [6, 6.07) is 133. The van der Waals surface area contributed by atoms with Crippen molar-refractivity contribution < 1.29 is 13.3 Å². The van der Waals surface area contributed by atoms with E-state index in [0.29, 0.717) is 11.8 Å². The van der Waals surface area contributed by atoms with E-state index in [1.54, 1.807) is 24.8 Å². The second-order valence-corrected chi connectivity index (χ2v) is 33.7. The number of rotatable bonds is 15. The van der Waals surface area contributed by atoms with Crippen LogP contribution in [0, 0.1) is 0 Å². The number of furan rings is 3. The number of pyridine rings is 7. The average Bonchev–Trinajstić information content (AvgIpc) is 1.58. The molecule has 0 unspecified atom stereocenters. The van der Waals surface area contributed by atoms with Crippen molar-refractivity contribution in [2.75, 3.05) is 0 Å². The summed E-state index contributed by atoms with van der Waals surface area (Å²) in [4.78, 5) is 51.0. The molecular formula is C121H76N14O3. The van der Waals surface area contributed by atoms with Gasteiger partial charge in [0.05, 0.1) is 72.0 Å². The summed E-state index contributed by atoms with van der Waals surface area (Å²) in [5.41, 5.74) is 29.1. The quantitative estimate of drug-likeness (QED) is 0.0940. The molecule has 138 heavy (non-hydrogen) atoms. The normalized spacial score (nSPS) is 11.5. The Balaban J connectivity index is 0.000000110. The summed E-state index contributed by atoms with van der Waals surface area (Å²) in [6.07, 6.45) is 21.6. The molecule has 0 aliphatic heterocycles. The van der Waals surface area contributed by atoms with Crippen LogP contribution in [0.3, 0.4) is 0 Å². The van der Waals surface area contributed by atoms with Gasteiger partial charge in [-0.3, -0.25) is 43.6 Å². The number of hydrogen-bond donors (Lipinski definition) is 0. The molecule has 0 radical (unpaired) electrons. The van der Waals surface area contributed by atoms with Crippen LogP contribution in [0.5, 0.6) is 0 Å². The molecule has 27 rings (SSSR count). The Morgan fingerprint density at radius 2 is 0.457 bits per heavy atom. The van der Waals surface area contributed by atoms with Crippen LogP contribution in [0.4, 0.5) is 0 Å². The van der Waals surface area contributed by atoms with Crippen molar-refractivity contribution >= 4 is 98.3 Å². The molecule has 15 heterocycles.